The van der Waals surface area contributed by atoms with E-state index >= 15 is 0 Å². The summed E-state index contributed by atoms with van der Waals surface area (Å²) in [5, 5.41) is 2.45. The van der Waals surface area contributed by atoms with Gasteiger partial charge in [-0.15, -0.1) is 0 Å². The van der Waals surface area contributed by atoms with E-state index in [1.54, 1.807) is 20.8 Å². The molecule has 4 aliphatic carbocycles. The zero-order valence-corrected chi connectivity index (χ0v) is 15.9. The normalized spacial score (nSPS) is 35.8. The molecule has 6 heteroatoms. The SMILES string of the molecule is CC(C)(C)OC(=O)[C@@](C)(N)NC(=O)OCC12CC3CC(CC(C3)C1)C2. The maximum atomic E-state index is 12.2. The number of carbonyl (C=O) groups excluding carboxylic acids is 2. The first-order chi connectivity index (χ1) is 11.5. The van der Waals surface area contributed by atoms with Gasteiger partial charge < -0.3 is 9.47 Å². The Morgan fingerprint density at radius 3 is 1.96 bits per heavy atom. The molecule has 4 fully saturated rings. The molecule has 0 aromatic carbocycles. The van der Waals surface area contributed by atoms with E-state index in [1.165, 1.54) is 45.4 Å². The molecule has 0 aromatic heterocycles. The molecule has 4 saturated carbocycles. The van der Waals surface area contributed by atoms with Crippen LogP contribution >= 0.6 is 0 Å². The van der Waals surface area contributed by atoms with E-state index < -0.39 is 23.3 Å². The van der Waals surface area contributed by atoms with E-state index in [9.17, 15) is 9.59 Å². The highest BCUT2D eigenvalue weighted by Crippen LogP contribution is 2.60. The number of carbonyl (C=O) groups is 2. The molecule has 4 aliphatic rings. The first kappa shape index (κ1) is 18.5. The number of rotatable bonds is 4. The summed E-state index contributed by atoms with van der Waals surface area (Å²) in [6, 6.07) is 0. The lowest BCUT2D eigenvalue weighted by Gasteiger charge is -2.56. The lowest BCUT2D eigenvalue weighted by atomic mass is 9.50. The number of nitrogens with one attached hydrogen (secondary N) is 1. The lowest BCUT2D eigenvalue weighted by molar-refractivity contribution is -0.162. The van der Waals surface area contributed by atoms with Gasteiger partial charge in [0, 0.05) is 5.41 Å². The van der Waals surface area contributed by atoms with Gasteiger partial charge in [0.1, 0.15) is 5.60 Å². The van der Waals surface area contributed by atoms with Crippen LogP contribution < -0.4 is 11.1 Å². The topological polar surface area (TPSA) is 90.6 Å². The quantitative estimate of drug-likeness (QED) is 0.600. The largest absolute Gasteiger partial charge is 0.457 e. The van der Waals surface area contributed by atoms with Crippen LogP contribution in [0.2, 0.25) is 0 Å². The molecule has 0 aromatic rings. The number of hydrogen-bond donors (Lipinski definition) is 2. The Hall–Kier alpha value is -1.30. The second-order valence-electron chi connectivity index (χ2n) is 9.82. The Morgan fingerprint density at radius 1 is 1.04 bits per heavy atom. The second-order valence-corrected chi connectivity index (χ2v) is 9.82. The minimum atomic E-state index is -1.61. The van der Waals surface area contributed by atoms with E-state index in [0.29, 0.717) is 6.61 Å². The third kappa shape index (κ3) is 4.27. The summed E-state index contributed by atoms with van der Waals surface area (Å²) in [7, 11) is 0. The van der Waals surface area contributed by atoms with Gasteiger partial charge in [0.05, 0.1) is 6.61 Å². The molecule has 0 heterocycles. The fourth-order valence-corrected chi connectivity index (χ4v) is 5.37. The number of esters is 1. The monoisotopic (exact) mass is 352 g/mol. The number of ether oxygens (including phenoxy) is 2. The van der Waals surface area contributed by atoms with Crippen molar-refractivity contribution in [3.05, 3.63) is 0 Å². The van der Waals surface area contributed by atoms with Crippen LogP contribution in [0.1, 0.15) is 66.2 Å². The Labute approximate surface area is 150 Å². The highest BCUT2D eigenvalue weighted by atomic mass is 16.6. The van der Waals surface area contributed by atoms with Crippen LogP contribution in [0.5, 0.6) is 0 Å². The fourth-order valence-electron chi connectivity index (χ4n) is 5.37. The van der Waals surface area contributed by atoms with Crippen molar-refractivity contribution >= 4 is 12.1 Å². The van der Waals surface area contributed by atoms with Crippen LogP contribution in [0.3, 0.4) is 0 Å². The average molecular weight is 352 g/mol. The minimum Gasteiger partial charge on any atom is -0.457 e. The molecule has 4 bridgehead atoms. The van der Waals surface area contributed by atoms with E-state index in [1.807, 2.05) is 0 Å². The molecule has 1 amide bonds. The predicted molar refractivity (Wildman–Crippen MR) is 93.5 cm³/mol. The van der Waals surface area contributed by atoms with Crippen molar-refractivity contribution < 1.29 is 19.1 Å². The maximum Gasteiger partial charge on any atom is 0.409 e. The smallest absolute Gasteiger partial charge is 0.409 e. The molecule has 25 heavy (non-hydrogen) atoms. The molecular weight excluding hydrogens is 320 g/mol. The summed E-state index contributed by atoms with van der Waals surface area (Å²) < 4.78 is 10.8. The van der Waals surface area contributed by atoms with Gasteiger partial charge in [0.2, 0.25) is 0 Å². The number of hydrogen-bond acceptors (Lipinski definition) is 5. The molecule has 3 N–H and O–H groups in total. The van der Waals surface area contributed by atoms with Crippen LogP contribution in [-0.4, -0.2) is 29.9 Å². The molecule has 0 unspecified atom stereocenters. The Kier molecular flexibility index (Phi) is 4.55. The first-order valence-corrected chi connectivity index (χ1v) is 9.44. The number of alkyl carbamates (subject to hydrolysis) is 1. The van der Waals surface area contributed by atoms with Gasteiger partial charge in [0.25, 0.3) is 0 Å². The van der Waals surface area contributed by atoms with Crippen molar-refractivity contribution in [3.8, 4) is 0 Å². The molecule has 0 aliphatic heterocycles. The van der Waals surface area contributed by atoms with Crippen molar-refractivity contribution in [3.63, 3.8) is 0 Å². The van der Waals surface area contributed by atoms with Crippen molar-refractivity contribution in [2.75, 3.05) is 6.61 Å². The van der Waals surface area contributed by atoms with Crippen LogP contribution in [0.4, 0.5) is 4.79 Å². The molecule has 6 nitrogen and oxygen atoms in total. The zero-order valence-electron chi connectivity index (χ0n) is 15.9. The van der Waals surface area contributed by atoms with E-state index in [-0.39, 0.29) is 5.41 Å². The summed E-state index contributed by atoms with van der Waals surface area (Å²) in [6.45, 7) is 7.12. The molecule has 0 spiro atoms. The van der Waals surface area contributed by atoms with Gasteiger partial charge in [-0.05, 0) is 84.0 Å². The van der Waals surface area contributed by atoms with Gasteiger partial charge in [-0.3, -0.25) is 11.1 Å². The van der Waals surface area contributed by atoms with Gasteiger partial charge in [0.15, 0.2) is 5.66 Å². The maximum absolute atomic E-state index is 12.2. The molecular formula is C19H32N2O4. The van der Waals surface area contributed by atoms with E-state index in [2.05, 4.69) is 5.32 Å². The molecule has 0 radical (unpaired) electrons. The molecule has 142 valence electrons. The predicted octanol–water partition coefficient (Wildman–Crippen LogP) is 2.95. The summed E-state index contributed by atoms with van der Waals surface area (Å²) in [6.07, 6.45) is 6.90. The van der Waals surface area contributed by atoms with E-state index in [4.69, 9.17) is 15.2 Å². The molecule has 0 saturated heterocycles. The zero-order chi connectivity index (χ0) is 18.5. The summed E-state index contributed by atoms with van der Waals surface area (Å²) >= 11 is 0. The highest BCUT2D eigenvalue weighted by molar-refractivity contribution is 5.84. The highest BCUT2D eigenvalue weighted by Gasteiger charge is 2.51. The average Bonchev–Trinajstić information content (AvgIpc) is 2.41. The van der Waals surface area contributed by atoms with Crippen LogP contribution in [0, 0.1) is 23.2 Å². The van der Waals surface area contributed by atoms with Gasteiger partial charge >= 0.3 is 12.1 Å². The van der Waals surface area contributed by atoms with Crippen molar-refractivity contribution in [1.29, 1.82) is 0 Å². The standard InChI is InChI=1S/C19H32N2O4/c1-17(2,3)25-15(22)18(4,20)21-16(23)24-11-19-8-12-5-13(9-19)7-14(6-12)10-19/h12-14H,5-11,20H2,1-4H3,(H,21,23)/t12?,13?,14?,18-,19?/m0/s1. The third-order valence-electron chi connectivity index (χ3n) is 5.86. The third-order valence-corrected chi connectivity index (χ3v) is 5.86. The van der Waals surface area contributed by atoms with Gasteiger partial charge in [-0.2, -0.15) is 0 Å². The second kappa shape index (κ2) is 6.15. The minimum absolute atomic E-state index is 0.142. The molecule has 4 rings (SSSR count). The van der Waals surface area contributed by atoms with E-state index in [0.717, 1.165) is 17.8 Å². The van der Waals surface area contributed by atoms with Crippen LogP contribution in [0.15, 0.2) is 0 Å². The fraction of sp³-hybridized carbons (Fsp3) is 0.895. The Morgan fingerprint density at radius 2 is 1.52 bits per heavy atom. The Balaban J connectivity index is 1.52. The Bertz CT molecular complexity index is 515. The summed E-state index contributed by atoms with van der Waals surface area (Å²) in [5.74, 6) is 1.74. The number of nitrogens with two attached hydrogens (primary N) is 1. The van der Waals surface area contributed by atoms with Crippen LogP contribution in [-0.2, 0) is 14.3 Å². The molecule has 1 atom stereocenters. The van der Waals surface area contributed by atoms with Crippen LogP contribution in [0.25, 0.3) is 0 Å². The van der Waals surface area contributed by atoms with Gasteiger partial charge in [-0.25, -0.2) is 9.59 Å². The summed E-state index contributed by atoms with van der Waals surface area (Å²) in [5.41, 5.74) is 3.79. The van der Waals surface area contributed by atoms with Crippen molar-refractivity contribution in [1.82, 2.24) is 5.32 Å². The summed E-state index contributed by atoms with van der Waals surface area (Å²) in [4.78, 5) is 24.3. The van der Waals surface area contributed by atoms with Crippen molar-refractivity contribution in [2.45, 2.75) is 77.5 Å². The lowest BCUT2D eigenvalue weighted by Crippen LogP contribution is -2.61. The first-order valence-electron chi connectivity index (χ1n) is 9.44. The number of amides is 1. The van der Waals surface area contributed by atoms with Gasteiger partial charge in [-0.1, -0.05) is 0 Å². The van der Waals surface area contributed by atoms with Crippen molar-refractivity contribution in [2.24, 2.45) is 28.9 Å².